The van der Waals surface area contributed by atoms with E-state index >= 15 is 0 Å². The Labute approximate surface area is 204 Å². The Morgan fingerprint density at radius 1 is 0.765 bits per heavy atom. The van der Waals surface area contributed by atoms with Gasteiger partial charge in [-0.15, -0.1) is 10.2 Å². The van der Waals surface area contributed by atoms with Crippen molar-refractivity contribution >= 4 is 46.0 Å². The van der Waals surface area contributed by atoms with Gasteiger partial charge in [0, 0.05) is 18.7 Å². The summed E-state index contributed by atoms with van der Waals surface area (Å²) in [5.41, 5.74) is 4.48. The maximum absolute atomic E-state index is 5.51. The molecule has 0 aliphatic carbocycles. The molecule has 1 fully saturated rings. The Morgan fingerprint density at radius 2 is 1.53 bits per heavy atom. The summed E-state index contributed by atoms with van der Waals surface area (Å²) in [5.74, 6) is 1.60. The van der Waals surface area contributed by atoms with Gasteiger partial charge in [0.15, 0.2) is 10.9 Å². The summed E-state index contributed by atoms with van der Waals surface area (Å²) in [4.78, 5) is 6.94. The summed E-state index contributed by atoms with van der Waals surface area (Å²) >= 11 is 5.51. The number of nitrogens with zero attached hydrogens (tertiary/aromatic N) is 4. The minimum atomic E-state index is 0.429. The minimum Gasteiger partial charge on any atom is -0.357 e. The van der Waals surface area contributed by atoms with E-state index in [4.69, 9.17) is 12.2 Å². The molecule has 3 N–H and O–H groups in total. The van der Waals surface area contributed by atoms with E-state index in [2.05, 4.69) is 48.2 Å². The van der Waals surface area contributed by atoms with E-state index in [1.54, 1.807) is 0 Å². The van der Waals surface area contributed by atoms with Crippen LogP contribution in [0.25, 0.3) is 11.3 Å². The molecule has 0 unspecified atom stereocenters. The highest BCUT2D eigenvalue weighted by Gasteiger charge is 2.13. The number of thiocarbonyl (C=S) groups is 1. The van der Waals surface area contributed by atoms with Crippen LogP contribution in [0, 0.1) is 0 Å². The molecule has 0 radical (unpaired) electrons. The van der Waals surface area contributed by atoms with Crippen LogP contribution in [0.5, 0.6) is 0 Å². The van der Waals surface area contributed by atoms with E-state index in [0.29, 0.717) is 10.9 Å². The van der Waals surface area contributed by atoms with Crippen molar-refractivity contribution in [1.29, 1.82) is 0 Å². The van der Waals surface area contributed by atoms with Crippen LogP contribution in [0.3, 0.4) is 0 Å². The standard InChI is InChI=1S/C26H25N7S/c34-26(30-24-14-13-21(31-32-24)19-8-2-1-3-9-19)29-23-11-5-4-10-22(23)28-20-12-15-25(27-18-20)33-16-6-7-17-33/h1-5,8-15,18,28H,6-7,16-17H2,(H2,29,30,32,34). The number of benzene rings is 2. The van der Waals surface area contributed by atoms with E-state index in [1.807, 2.05) is 72.9 Å². The van der Waals surface area contributed by atoms with Gasteiger partial charge in [-0.1, -0.05) is 42.5 Å². The van der Waals surface area contributed by atoms with E-state index < -0.39 is 0 Å². The number of nitrogens with one attached hydrogen (secondary N) is 3. The van der Waals surface area contributed by atoms with Crippen molar-refractivity contribution in [3.63, 3.8) is 0 Å². The van der Waals surface area contributed by atoms with Gasteiger partial charge >= 0.3 is 0 Å². The number of hydrogen-bond acceptors (Lipinski definition) is 6. The largest absolute Gasteiger partial charge is 0.357 e. The third-order valence-electron chi connectivity index (χ3n) is 5.61. The van der Waals surface area contributed by atoms with Crippen molar-refractivity contribution in [3.8, 4) is 11.3 Å². The predicted octanol–water partition coefficient (Wildman–Crippen LogP) is 5.69. The lowest BCUT2D eigenvalue weighted by Crippen LogP contribution is -2.20. The van der Waals surface area contributed by atoms with Crippen LogP contribution in [0.1, 0.15) is 12.8 Å². The molecule has 0 saturated carbocycles. The highest BCUT2D eigenvalue weighted by molar-refractivity contribution is 7.80. The van der Waals surface area contributed by atoms with E-state index in [9.17, 15) is 0 Å². The van der Waals surface area contributed by atoms with Crippen molar-refractivity contribution in [3.05, 3.63) is 85.1 Å². The van der Waals surface area contributed by atoms with Crippen molar-refractivity contribution < 1.29 is 0 Å². The Morgan fingerprint density at radius 3 is 2.24 bits per heavy atom. The van der Waals surface area contributed by atoms with Gasteiger partial charge in [0.25, 0.3) is 0 Å². The van der Waals surface area contributed by atoms with Crippen molar-refractivity contribution in [2.45, 2.75) is 12.8 Å². The topological polar surface area (TPSA) is 78.0 Å². The van der Waals surface area contributed by atoms with Crippen LogP contribution < -0.4 is 20.9 Å². The van der Waals surface area contributed by atoms with Crippen molar-refractivity contribution in [2.24, 2.45) is 0 Å². The monoisotopic (exact) mass is 467 g/mol. The average molecular weight is 468 g/mol. The minimum absolute atomic E-state index is 0.429. The zero-order valence-electron chi connectivity index (χ0n) is 18.6. The van der Waals surface area contributed by atoms with E-state index in [-0.39, 0.29) is 0 Å². The second kappa shape index (κ2) is 10.3. The first-order valence-corrected chi connectivity index (χ1v) is 11.7. The van der Waals surface area contributed by atoms with E-state index in [0.717, 1.165) is 47.2 Å². The van der Waals surface area contributed by atoms with Crippen LogP contribution in [0.15, 0.2) is 85.1 Å². The van der Waals surface area contributed by atoms with Crippen LogP contribution in [0.4, 0.5) is 28.7 Å². The zero-order chi connectivity index (χ0) is 23.2. The summed E-state index contributed by atoms with van der Waals surface area (Å²) in [7, 11) is 0. The van der Waals surface area contributed by atoms with Gasteiger partial charge in [-0.3, -0.25) is 0 Å². The number of para-hydroxylation sites is 2. The molecular weight excluding hydrogens is 442 g/mol. The molecule has 0 bridgehead atoms. The summed E-state index contributed by atoms with van der Waals surface area (Å²) < 4.78 is 0. The molecule has 1 saturated heterocycles. The Balaban J connectivity index is 1.22. The number of hydrogen-bond donors (Lipinski definition) is 3. The summed E-state index contributed by atoms with van der Waals surface area (Å²) in [6.45, 7) is 2.16. The normalized spacial score (nSPS) is 12.9. The second-order valence-corrected chi connectivity index (χ2v) is 8.43. The fourth-order valence-corrected chi connectivity index (χ4v) is 4.10. The molecule has 1 aliphatic rings. The van der Waals surface area contributed by atoms with Gasteiger partial charge < -0.3 is 20.9 Å². The molecule has 7 nitrogen and oxygen atoms in total. The number of anilines is 5. The summed E-state index contributed by atoms with van der Waals surface area (Å²) in [5, 5.41) is 18.7. The van der Waals surface area contributed by atoms with Gasteiger partial charge in [0.05, 0.1) is 29.0 Å². The highest BCUT2D eigenvalue weighted by Crippen LogP contribution is 2.27. The third kappa shape index (κ3) is 5.29. The van der Waals surface area contributed by atoms with Gasteiger partial charge in [-0.25, -0.2) is 4.98 Å². The Hall–Kier alpha value is -4.04. The van der Waals surface area contributed by atoms with Crippen LogP contribution in [-0.4, -0.2) is 33.4 Å². The third-order valence-corrected chi connectivity index (χ3v) is 5.81. The van der Waals surface area contributed by atoms with Crippen molar-refractivity contribution in [2.75, 3.05) is 33.9 Å². The molecule has 1 aliphatic heterocycles. The molecule has 3 heterocycles. The number of pyridine rings is 1. The lowest BCUT2D eigenvalue weighted by Gasteiger charge is -2.17. The summed E-state index contributed by atoms with van der Waals surface area (Å²) in [6, 6.07) is 25.7. The number of rotatable bonds is 6. The van der Waals surface area contributed by atoms with E-state index in [1.165, 1.54) is 12.8 Å². The van der Waals surface area contributed by atoms with Gasteiger partial charge in [0.1, 0.15) is 5.82 Å². The molecule has 170 valence electrons. The molecule has 0 atom stereocenters. The average Bonchev–Trinajstić information content (AvgIpc) is 3.42. The Kier molecular flexibility index (Phi) is 6.58. The van der Waals surface area contributed by atoms with Crippen LogP contribution in [-0.2, 0) is 0 Å². The van der Waals surface area contributed by atoms with Gasteiger partial charge in [-0.05, 0) is 61.5 Å². The Bertz CT molecular complexity index is 1240. The maximum Gasteiger partial charge on any atom is 0.176 e. The lowest BCUT2D eigenvalue weighted by atomic mass is 10.1. The predicted molar refractivity (Wildman–Crippen MR) is 143 cm³/mol. The smallest absolute Gasteiger partial charge is 0.176 e. The van der Waals surface area contributed by atoms with Crippen molar-refractivity contribution in [1.82, 2.24) is 15.2 Å². The molecule has 0 spiro atoms. The molecule has 2 aromatic heterocycles. The fourth-order valence-electron chi connectivity index (χ4n) is 3.88. The molecule has 4 aromatic rings. The molecule has 0 amide bonds. The first-order valence-electron chi connectivity index (χ1n) is 11.3. The van der Waals surface area contributed by atoms with Gasteiger partial charge in [0.2, 0.25) is 0 Å². The van der Waals surface area contributed by atoms with Gasteiger partial charge in [-0.2, -0.15) is 0 Å². The number of aromatic nitrogens is 3. The lowest BCUT2D eigenvalue weighted by molar-refractivity contribution is 0.938. The molecule has 2 aromatic carbocycles. The van der Waals surface area contributed by atoms with Crippen LogP contribution >= 0.6 is 12.2 Å². The molecule has 5 rings (SSSR count). The fraction of sp³-hybridized carbons (Fsp3) is 0.154. The maximum atomic E-state index is 5.51. The van der Waals surface area contributed by atoms with Crippen LogP contribution in [0.2, 0.25) is 0 Å². The second-order valence-electron chi connectivity index (χ2n) is 8.02. The first-order chi connectivity index (χ1) is 16.7. The first kappa shape index (κ1) is 21.8. The summed E-state index contributed by atoms with van der Waals surface area (Å²) in [6.07, 6.45) is 4.33. The molecule has 34 heavy (non-hydrogen) atoms. The SMILES string of the molecule is S=C(Nc1ccc(-c2ccccc2)nn1)Nc1ccccc1Nc1ccc(N2CCCC2)nc1. The molecular formula is C26H25N7S. The quantitative estimate of drug-likeness (QED) is 0.312. The highest BCUT2D eigenvalue weighted by atomic mass is 32.1. The molecule has 8 heteroatoms. The zero-order valence-corrected chi connectivity index (χ0v) is 19.4.